The number of para-hydroxylation sites is 1. The lowest BCUT2D eigenvalue weighted by Gasteiger charge is -2.36. The van der Waals surface area contributed by atoms with E-state index >= 15 is 0 Å². The third-order valence-electron chi connectivity index (χ3n) is 4.27. The molecule has 1 rings (SSSR count). The van der Waals surface area contributed by atoms with E-state index in [1.807, 2.05) is 6.08 Å². The summed E-state index contributed by atoms with van der Waals surface area (Å²) in [6.45, 7) is 14.4. The smallest absolute Gasteiger partial charge is 0.0711 e. The summed E-state index contributed by atoms with van der Waals surface area (Å²) >= 11 is 0. The molecule has 122 valence electrons. The van der Waals surface area contributed by atoms with Crippen molar-refractivity contribution in [2.45, 2.75) is 45.7 Å². The van der Waals surface area contributed by atoms with Crippen LogP contribution >= 0.6 is 0 Å². The minimum atomic E-state index is 0.0592. The summed E-state index contributed by atoms with van der Waals surface area (Å²) in [5.74, 6) is 0. The van der Waals surface area contributed by atoms with E-state index in [0.29, 0.717) is 11.7 Å². The van der Waals surface area contributed by atoms with Crippen LogP contribution in [0.4, 0.5) is 11.4 Å². The Bertz CT molecular complexity index is 519. The molecule has 0 saturated carbocycles. The molecule has 0 aliphatic rings. The molecule has 1 atom stereocenters. The summed E-state index contributed by atoms with van der Waals surface area (Å²) in [4.78, 5) is 4.55. The second kappa shape index (κ2) is 7.92. The second-order valence-corrected chi connectivity index (χ2v) is 6.07. The highest BCUT2D eigenvalue weighted by Gasteiger charge is 2.22. The molecule has 22 heavy (non-hydrogen) atoms. The lowest BCUT2D eigenvalue weighted by molar-refractivity contribution is 0.705. The van der Waals surface area contributed by atoms with Gasteiger partial charge in [0.2, 0.25) is 0 Å². The summed E-state index contributed by atoms with van der Waals surface area (Å²) in [6.07, 6.45) is 3.69. The van der Waals surface area contributed by atoms with Crippen molar-refractivity contribution in [1.29, 1.82) is 0 Å². The van der Waals surface area contributed by atoms with E-state index < -0.39 is 0 Å². The quantitative estimate of drug-likeness (QED) is 0.738. The first-order valence-corrected chi connectivity index (χ1v) is 7.97. The normalized spacial score (nSPS) is 12.1. The van der Waals surface area contributed by atoms with Gasteiger partial charge in [0.25, 0.3) is 0 Å². The molecule has 0 spiro atoms. The maximum atomic E-state index is 6.02. The van der Waals surface area contributed by atoms with Crippen LogP contribution in [-0.2, 0) is 6.42 Å². The van der Waals surface area contributed by atoms with Gasteiger partial charge in [0.05, 0.1) is 17.4 Å². The van der Waals surface area contributed by atoms with Crippen LogP contribution < -0.4 is 15.5 Å². The van der Waals surface area contributed by atoms with Crippen molar-refractivity contribution < 1.29 is 0 Å². The van der Waals surface area contributed by atoms with Crippen molar-refractivity contribution in [3.8, 4) is 0 Å². The molecule has 1 aromatic carbocycles. The lowest BCUT2D eigenvalue weighted by atomic mass is 10.0. The van der Waals surface area contributed by atoms with Gasteiger partial charge in [-0.1, -0.05) is 31.7 Å². The van der Waals surface area contributed by atoms with Gasteiger partial charge in [0.15, 0.2) is 0 Å². The first-order chi connectivity index (χ1) is 10.3. The van der Waals surface area contributed by atoms with Crippen molar-refractivity contribution >= 4 is 11.4 Å². The van der Waals surface area contributed by atoms with Crippen molar-refractivity contribution in [1.82, 2.24) is 0 Å². The number of rotatable bonds is 8. The fourth-order valence-electron chi connectivity index (χ4n) is 2.70. The number of nitrogens with zero attached hydrogens (tertiary/aromatic N) is 2. The van der Waals surface area contributed by atoms with Gasteiger partial charge in [-0.05, 0) is 38.3 Å². The molecular weight excluding hydrogens is 270 g/mol. The molecule has 0 bridgehead atoms. The van der Waals surface area contributed by atoms with Crippen molar-refractivity contribution in [3.63, 3.8) is 0 Å². The molecule has 0 aliphatic heterocycles. The van der Waals surface area contributed by atoms with E-state index in [0.717, 1.165) is 12.8 Å². The number of likely N-dealkylation sites (N-methyl/N-ethyl adjacent to an activating group) is 1. The van der Waals surface area contributed by atoms with Crippen molar-refractivity contribution in [2.24, 2.45) is 5.73 Å². The Kier molecular flexibility index (Phi) is 6.54. The molecule has 0 radical (unpaired) electrons. The Labute approximate surface area is 136 Å². The molecule has 0 aromatic heterocycles. The molecule has 2 N–H and O–H groups in total. The summed E-state index contributed by atoms with van der Waals surface area (Å²) in [5.41, 5.74) is 10.5. The first kappa shape index (κ1) is 18.1. The van der Waals surface area contributed by atoms with E-state index in [-0.39, 0.29) is 6.04 Å². The van der Waals surface area contributed by atoms with E-state index in [2.05, 4.69) is 76.0 Å². The Morgan fingerprint density at radius 1 is 1.27 bits per heavy atom. The predicted octanol–water partition coefficient (Wildman–Crippen LogP) is 3.95. The Hall–Kier alpha value is -1.90. The highest BCUT2D eigenvalue weighted by molar-refractivity contribution is 5.75. The standard InChI is InChI=1S/C19H31N3/c1-8-11-17(15(5)20)22(7)18-13-10-12-16(9-2)19(18)21(6)14(3)4/h8,10,12-14,17H,1,5,9,11,20H2,2-4,6-7H3. The summed E-state index contributed by atoms with van der Waals surface area (Å²) in [7, 11) is 4.23. The number of benzene rings is 1. The summed E-state index contributed by atoms with van der Waals surface area (Å²) < 4.78 is 0. The molecule has 1 unspecified atom stereocenters. The fraction of sp³-hybridized carbons (Fsp3) is 0.474. The average Bonchev–Trinajstić information content (AvgIpc) is 2.49. The first-order valence-electron chi connectivity index (χ1n) is 7.97. The van der Waals surface area contributed by atoms with E-state index in [4.69, 9.17) is 5.73 Å². The van der Waals surface area contributed by atoms with Crippen molar-refractivity contribution in [2.75, 3.05) is 23.9 Å². The molecule has 0 amide bonds. The van der Waals surface area contributed by atoms with Gasteiger partial charge >= 0.3 is 0 Å². The van der Waals surface area contributed by atoms with Crippen LogP contribution in [0.15, 0.2) is 43.1 Å². The predicted molar refractivity (Wildman–Crippen MR) is 99.7 cm³/mol. The van der Waals surface area contributed by atoms with Crippen LogP contribution in [0, 0.1) is 0 Å². The lowest BCUT2D eigenvalue weighted by Crippen LogP contribution is -2.37. The second-order valence-electron chi connectivity index (χ2n) is 6.07. The maximum absolute atomic E-state index is 6.02. The minimum absolute atomic E-state index is 0.0592. The third kappa shape index (κ3) is 3.85. The van der Waals surface area contributed by atoms with Gasteiger partial charge in [0, 0.05) is 25.8 Å². The third-order valence-corrected chi connectivity index (χ3v) is 4.27. The van der Waals surface area contributed by atoms with E-state index in [9.17, 15) is 0 Å². The molecule has 0 fully saturated rings. The van der Waals surface area contributed by atoms with Crippen LogP contribution in [0.3, 0.4) is 0 Å². The van der Waals surface area contributed by atoms with Crippen LogP contribution in [0.5, 0.6) is 0 Å². The van der Waals surface area contributed by atoms with Crippen LogP contribution in [0.2, 0.25) is 0 Å². The average molecular weight is 301 g/mol. The zero-order valence-electron chi connectivity index (χ0n) is 14.8. The van der Waals surface area contributed by atoms with E-state index in [1.165, 1.54) is 16.9 Å². The Balaban J connectivity index is 3.38. The molecule has 0 saturated heterocycles. The number of nitrogens with two attached hydrogens (primary N) is 1. The minimum Gasteiger partial charge on any atom is -0.401 e. The summed E-state index contributed by atoms with van der Waals surface area (Å²) in [6, 6.07) is 6.97. The number of anilines is 2. The van der Waals surface area contributed by atoms with Crippen LogP contribution in [0.1, 0.15) is 32.8 Å². The maximum Gasteiger partial charge on any atom is 0.0711 e. The Morgan fingerprint density at radius 2 is 1.91 bits per heavy atom. The number of hydrogen-bond acceptors (Lipinski definition) is 3. The fourth-order valence-corrected chi connectivity index (χ4v) is 2.70. The zero-order chi connectivity index (χ0) is 16.9. The van der Waals surface area contributed by atoms with Crippen LogP contribution in [0.25, 0.3) is 0 Å². The Morgan fingerprint density at radius 3 is 2.36 bits per heavy atom. The van der Waals surface area contributed by atoms with Gasteiger partial charge in [-0.15, -0.1) is 6.58 Å². The van der Waals surface area contributed by atoms with Gasteiger partial charge in [-0.3, -0.25) is 0 Å². The van der Waals surface area contributed by atoms with E-state index in [1.54, 1.807) is 0 Å². The van der Waals surface area contributed by atoms with Crippen molar-refractivity contribution in [3.05, 3.63) is 48.7 Å². The summed E-state index contributed by atoms with van der Waals surface area (Å²) in [5, 5.41) is 0. The highest BCUT2D eigenvalue weighted by atomic mass is 15.2. The zero-order valence-corrected chi connectivity index (χ0v) is 14.8. The largest absolute Gasteiger partial charge is 0.401 e. The molecule has 0 heterocycles. The molecule has 1 aromatic rings. The molecular formula is C19H31N3. The monoisotopic (exact) mass is 301 g/mol. The topological polar surface area (TPSA) is 32.5 Å². The SMILES string of the molecule is C=CCC(C(=C)N)N(C)c1cccc(CC)c1N(C)C(C)C. The van der Waals surface area contributed by atoms with Gasteiger partial charge < -0.3 is 15.5 Å². The number of hydrogen-bond donors (Lipinski definition) is 1. The van der Waals surface area contributed by atoms with Crippen LogP contribution in [-0.4, -0.2) is 26.2 Å². The molecule has 3 heteroatoms. The molecule has 3 nitrogen and oxygen atoms in total. The van der Waals surface area contributed by atoms with Gasteiger partial charge in [0.1, 0.15) is 0 Å². The number of aryl methyl sites for hydroxylation is 1. The molecule has 0 aliphatic carbocycles. The van der Waals surface area contributed by atoms with Gasteiger partial charge in [-0.25, -0.2) is 0 Å². The van der Waals surface area contributed by atoms with Gasteiger partial charge in [-0.2, -0.15) is 0 Å². The highest BCUT2D eigenvalue weighted by Crippen LogP contribution is 2.35.